The summed E-state index contributed by atoms with van der Waals surface area (Å²) in [7, 11) is 0. The maximum Gasteiger partial charge on any atom is 0.306 e. The first-order chi connectivity index (χ1) is 9.15. The minimum absolute atomic E-state index is 0.155. The summed E-state index contributed by atoms with van der Waals surface area (Å²) < 4.78 is 4.82. The van der Waals surface area contributed by atoms with E-state index >= 15 is 0 Å². The summed E-state index contributed by atoms with van der Waals surface area (Å²) in [5.41, 5.74) is 0. The number of nitrogens with zero attached hydrogens (tertiary/aromatic N) is 1. The first-order valence-corrected chi connectivity index (χ1v) is 7.55. The number of ketones is 1. The molecule has 1 saturated heterocycles. The molecule has 0 atom stereocenters. The van der Waals surface area contributed by atoms with Crippen molar-refractivity contribution in [2.45, 2.75) is 52.4 Å². The van der Waals surface area contributed by atoms with Crippen LogP contribution in [0.1, 0.15) is 52.4 Å². The summed E-state index contributed by atoms with van der Waals surface area (Å²) in [4.78, 5) is 25.2. The van der Waals surface area contributed by atoms with Crippen molar-refractivity contribution in [2.75, 3.05) is 26.2 Å². The van der Waals surface area contributed by atoms with E-state index in [0.717, 1.165) is 19.0 Å². The number of ether oxygens (including phenoxy) is 1. The summed E-state index contributed by atoms with van der Waals surface area (Å²) in [5.74, 6) is 0.732. The molecule has 1 rings (SSSR count). The maximum atomic E-state index is 11.8. The molecule has 0 aromatic rings. The minimum atomic E-state index is -0.266. The number of carbonyl (C=O) groups is 2. The van der Waals surface area contributed by atoms with Gasteiger partial charge in [0.25, 0.3) is 0 Å². The molecule has 1 fully saturated rings. The predicted octanol–water partition coefficient (Wildman–Crippen LogP) is 2.41. The first-order valence-electron chi connectivity index (χ1n) is 7.55. The minimum Gasteiger partial charge on any atom is -0.466 e. The van der Waals surface area contributed by atoms with Crippen LogP contribution in [0.2, 0.25) is 0 Å². The highest BCUT2D eigenvalue weighted by Gasteiger charge is 2.20. The van der Waals surface area contributed by atoms with Crippen molar-refractivity contribution in [3.63, 3.8) is 0 Å². The summed E-state index contributed by atoms with van der Waals surface area (Å²) in [5, 5.41) is 0. The molecule has 19 heavy (non-hydrogen) atoms. The van der Waals surface area contributed by atoms with Crippen molar-refractivity contribution in [3.8, 4) is 0 Å². The molecule has 0 aromatic heterocycles. The number of Topliss-reactive ketones (excluding diaryl/α,β-unsaturated/α-hetero) is 1. The van der Waals surface area contributed by atoms with Crippen LogP contribution >= 0.6 is 0 Å². The van der Waals surface area contributed by atoms with Crippen molar-refractivity contribution < 1.29 is 14.3 Å². The van der Waals surface area contributed by atoms with Crippen LogP contribution in [0.15, 0.2) is 0 Å². The Hall–Kier alpha value is -0.900. The van der Waals surface area contributed by atoms with Gasteiger partial charge in [0.15, 0.2) is 0 Å². The second-order valence-electron chi connectivity index (χ2n) is 5.35. The fourth-order valence-corrected chi connectivity index (χ4v) is 2.64. The SMILES string of the molecule is CCCC1CCN(CC(=O)CCC(=O)OCC)CC1. The Labute approximate surface area is 116 Å². The zero-order chi connectivity index (χ0) is 14.1. The molecule has 1 heterocycles. The van der Waals surface area contributed by atoms with Gasteiger partial charge in [-0.15, -0.1) is 0 Å². The second-order valence-corrected chi connectivity index (χ2v) is 5.35. The average Bonchev–Trinajstić information content (AvgIpc) is 2.39. The van der Waals surface area contributed by atoms with E-state index < -0.39 is 0 Å². The molecule has 0 bridgehead atoms. The van der Waals surface area contributed by atoms with E-state index in [1.165, 1.54) is 25.7 Å². The van der Waals surface area contributed by atoms with Gasteiger partial charge in [0.1, 0.15) is 5.78 Å². The van der Waals surface area contributed by atoms with Gasteiger partial charge in [0, 0.05) is 6.42 Å². The second kappa shape index (κ2) is 9.08. The monoisotopic (exact) mass is 269 g/mol. The van der Waals surface area contributed by atoms with Crippen molar-refractivity contribution in [1.29, 1.82) is 0 Å². The normalized spacial score (nSPS) is 17.4. The Kier molecular flexibility index (Phi) is 7.72. The number of esters is 1. The van der Waals surface area contributed by atoms with Crippen molar-refractivity contribution in [3.05, 3.63) is 0 Å². The van der Waals surface area contributed by atoms with Gasteiger partial charge < -0.3 is 4.74 Å². The first kappa shape index (κ1) is 16.2. The van der Waals surface area contributed by atoms with Crippen LogP contribution in [0.3, 0.4) is 0 Å². The number of hydrogen-bond donors (Lipinski definition) is 0. The highest BCUT2D eigenvalue weighted by Crippen LogP contribution is 2.21. The number of carbonyl (C=O) groups excluding carboxylic acids is 2. The Morgan fingerprint density at radius 3 is 2.42 bits per heavy atom. The van der Waals surface area contributed by atoms with E-state index in [2.05, 4.69) is 11.8 Å². The summed E-state index contributed by atoms with van der Waals surface area (Å²) >= 11 is 0. The molecule has 0 amide bonds. The molecule has 0 spiro atoms. The molecule has 0 aromatic carbocycles. The number of rotatable bonds is 8. The molecule has 1 aliphatic rings. The molecular formula is C15H27NO3. The van der Waals surface area contributed by atoms with Gasteiger partial charge in [0.05, 0.1) is 19.6 Å². The summed E-state index contributed by atoms with van der Waals surface area (Å²) in [6.45, 7) is 6.94. The van der Waals surface area contributed by atoms with Gasteiger partial charge in [-0.1, -0.05) is 19.8 Å². The van der Waals surface area contributed by atoms with Crippen LogP contribution in [-0.2, 0) is 14.3 Å². The van der Waals surface area contributed by atoms with Gasteiger partial charge in [-0.2, -0.15) is 0 Å². The van der Waals surface area contributed by atoms with Crippen molar-refractivity contribution >= 4 is 11.8 Å². The smallest absolute Gasteiger partial charge is 0.306 e. The van der Waals surface area contributed by atoms with Crippen LogP contribution in [-0.4, -0.2) is 42.9 Å². The summed E-state index contributed by atoms with van der Waals surface area (Å²) in [6.07, 6.45) is 5.51. The fraction of sp³-hybridized carbons (Fsp3) is 0.867. The Bertz CT molecular complexity index is 283. The molecule has 0 radical (unpaired) electrons. The highest BCUT2D eigenvalue weighted by atomic mass is 16.5. The van der Waals surface area contributed by atoms with Gasteiger partial charge in [-0.3, -0.25) is 14.5 Å². The molecule has 4 heteroatoms. The molecule has 1 aliphatic heterocycles. The van der Waals surface area contributed by atoms with Crippen LogP contribution in [0.5, 0.6) is 0 Å². The molecule has 0 unspecified atom stereocenters. The lowest BCUT2D eigenvalue weighted by Gasteiger charge is -2.31. The molecule has 4 nitrogen and oxygen atoms in total. The maximum absolute atomic E-state index is 11.8. The quantitative estimate of drug-likeness (QED) is 0.635. The van der Waals surface area contributed by atoms with E-state index in [1.807, 2.05) is 0 Å². The van der Waals surface area contributed by atoms with Gasteiger partial charge in [0.2, 0.25) is 0 Å². The number of hydrogen-bond acceptors (Lipinski definition) is 4. The van der Waals surface area contributed by atoms with E-state index in [1.54, 1.807) is 6.92 Å². The van der Waals surface area contributed by atoms with E-state index in [0.29, 0.717) is 19.6 Å². The van der Waals surface area contributed by atoms with Crippen molar-refractivity contribution in [1.82, 2.24) is 4.90 Å². The largest absolute Gasteiger partial charge is 0.466 e. The molecule has 0 N–H and O–H groups in total. The van der Waals surface area contributed by atoms with Crippen LogP contribution < -0.4 is 0 Å². The Balaban J connectivity index is 2.14. The molecule has 110 valence electrons. The van der Waals surface area contributed by atoms with Crippen LogP contribution in [0.4, 0.5) is 0 Å². The zero-order valence-corrected chi connectivity index (χ0v) is 12.3. The lowest BCUT2D eigenvalue weighted by atomic mass is 9.92. The zero-order valence-electron chi connectivity index (χ0n) is 12.3. The third-order valence-electron chi connectivity index (χ3n) is 3.72. The fourth-order valence-electron chi connectivity index (χ4n) is 2.64. The van der Waals surface area contributed by atoms with Gasteiger partial charge in [-0.25, -0.2) is 0 Å². The van der Waals surface area contributed by atoms with Crippen LogP contribution in [0, 0.1) is 5.92 Å². The summed E-state index contributed by atoms with van der Waals surface area (Å²) in [6, 6.07) is 0. The molecule has 0 saturated carbocycles. The van der Waals surface area contributed by atoms with Gasteiger partial charge >= 0.3 is 5.97 Å². The lowest BCUT2D eigenvalue weighted by Crippen LogP contribution is -2.37. The number of likely N-dealkylation sites (tertiary alicyclic amines) is 1. The highest BCUT2D eigenvalue weighted by molar-refractivity contribution is 5.84. The van der Waals surface area contributed by atoms with Gasteiger partial charge in [-0.05, 0) is 38.8 Å². The Morgan fingerprint density at radius 2 is 1.84 bits per heavy atom. The van der Waals surface area contributed by atoms with Crippen LogP contribution in [0.25, 0.3) is 0 Å². The lowest BCUT2D eigenvalue weighted by molar-refractivity contribution is -0.144. The average molecular weight is 269 g/mol. The topological polar surface area (TPSA) is 46.6 Å². The predicted molar refractivity (Wildman–Crippen MR) is 74.9 cm³/mol. The molecular weight excluding hydrogens is 242 g/mol. The van der Waals surface area contributed by atoms with E-state index in [-0.39, 0.29) is 18.2 Å². The Morgan fingerprint density at radius 1 is 1.16 bits per heavy atom. The third-order valence-corrected chi connectivity index (χ3v) is 3.72. The molecule has 0 aliphatic carbocycles. The van der Waals surface area contributed by atoms with E-state index in [9.17, 15) is 9.59 Å². The standard InChI is InChI=1S/C15H27NO3/c1-3-5-13-8-10-16(11-9-13)12-14(17)6-7-15(18)19-4-2/h13H,3-12H2,1-2H3. The number of piperidine rings is 1. The van der Waals surface area contributed by atoms with Crippen molar-refractivity contribution in [2.24, 2.45) is 5.92 Å². The third kappa shape index (κ3) is 6.71. The van der Waals surface area contributed by atoms with E-state index in [4.69, 9.17) is 4.74 Å².